The van der Waals surface area contributed by atoms with Crippen LogP contribution in [0, 0.1) is 0 Å². The number of hydrogen-bond acceptors (Lipinski definition) is 5. The Morgan fingerprint density at radius 1 is 1.33 bits per heavy atom. The first kappa shape index (κ1) is 20.4. The number of amides is 1. The van der Waals surface area contributed by atoms with E-state index in [2.05, 4.69) is 15.2 Å². The van der Waals surface area contributed by atoms with Gasteiger partial charge >= 0.3 is 5.97 Å². The molecule has 0 bridgehead atoms. The number of carbonyl (C=O) groups is 3. The minimum atomic E-state index is -0.250. The van der Waals surface area contributed by atoms with Crippen LogP contribution >= 0.6 is 0 Å². The molecule has 8 nitrogen and oxygen atoms in total. The normalized spacial score (nSPS) is 19.2. The molecule has 1 saturated heterocycles. The van der Waals surface area contributed by atoms with Crippen molar-refractivity contribution in [3.63, 3.8) is 0 Å². The predicted octanol–water partition coefficient (Wildman–Crippen LogP) is 1.62. The third kappa shape index (κ3) is 5.30. The molecule has 0 spiro atoms. The van der Waals surface area contributed by atoms with Gasteiger partial charge in [0.1, 0.15) is 0 Å². The molecule has 3 N–H and O–H groups in total. The van der Waals surface area contributed by atoms with Crippen LogP contribution < -0.4 is 5.32 Å². The standard InChI is InChI=1S/C18H23N3O3.CH2O2/c1-21-14(10-17(22)24-2)4-5-15(21)11-20-18(23)13-3-6-16-12(9-13)7-8-19-16;2-1-3/h3,6-9,14-15,19H,4-5,10-11H2,1-2H3,(H,20,23);1H,(H,2,3)/t14-,15+;/m1./s1. The van der Waals surface area contributed by atoms with Gasteiger partial charge in [0.25, 0.3) is 12.4 Å². The molecule has 1 aromatic carbocycles. The number of rotatable bonds is 5. The zero-order chi connectivity index (χ0) is 19.8. The van der Waals surface area contributed by atoms with E-state index in [1.54, 1.807) is 0 Å². The molecule has 1 aromatic heterocycles. The van der Waals surface area contributed by atoms with Crippen LogP contribution in [0.1, 0.15) is 29.6 Å². The van der Waals surface area contributed by atoms with Gasteiger partial charge in [-0.2, -0.15) is 0 Å². The molecule has 0 radical (unpaired) electrons. The summed E-state index contributed by atoms with van der Waals surface area (Å²) in [5.41, 5.74) is 1.68. The SMILES string of the molecule is COC(=O)C[C@H]1CC[C@@H](CNC(=O)c2ccc3[nH]ccc3c2)N1C.O=CO. The molecule has 0 aliphatic carbocycles. The Kier molecular flexibility index (Phi) is 7.36. The number of likely N-dealkylation sites (tertiary alicyclic amines) is 1. The van der Waals surface area contributed by atoms with E-state index in [-0.39, 0.29) is 30.4 Å². The average molecular weight is 375 g/mol. The number of carbonyl (C=O) groups excluding carboxylic acids is 2. The predicted molar refractivity (Wildman–Crippen MR) is 101 cm³/mol. The number of likely N-dealkylation sites (N-methyl/N-ethyl adjacent to an activating group) is 1. The highest BCUT2D eigenvalue weighted by Crippen LogP contribution is 2.24. The molecule has 146 valence electrons. The monoisotopic (exact) mass is 375 g/mol. The van der Waals surface area contributed by atoms with Crippen molar-refractivity contribution < 1.29 is 24.2 Å². The number of benzene rings is 1. The van der Waals surface area contributed by atoms with E-state index in [1.165, 1.54) is 7.11 Å². The van der Waals surface area contributed by atoms with Gasteiger partial charge in [-0.3, -0.25) is 19.3 Å². The van der Waals surface area contributed by atoms with Gasteiger partial charge < -0.3 is 20.1 Å². The first-order valence-electron chi connectivity index (χ1n) is 8.72. The van der Waals surface area contributed by atoms with E-state index in [9.17, 15) is 9.59 Å². The molecule has 1 aliphatic heterocycles. The average Bonchev–Trinajstić information content (AvgIpc) is 3.27. The van der Waals surface area contributed by atoms with E-state index in [0.717, 1.165) is 23.7 Å². The topological polar surface area (TPSA) is 112 Å². The van der Waals surface area contributed by atoms with Gasteiger partial charge in [0, 0.05) is 41.3 Å². The number of H-pyrrole nitrogens is 1. The van der Waals surface area contributed by atoms with E-state index < -0.39 is 0 Å². The summed E-state index contributed by atoms with van der Waals surface area (Å²) in [5.74, 6) is -0.251. The quantitative estimate of drug-likeness (QED) is 0.541. The Morgan fingerprint density at radius 2 is 2.04 bits per heavy atom. The van der Waals surface area contributed by atoms with Gasteiger partial charge in [0.05, 0.1) is 13.5 Å². The Balaban J connectivity index is 0.000000817. The fraction of sp³-hybridized carbons (Fsp3) is 0.421. The van der Waals surface area contributed by atoms with Crippen molar-refractivity contribution in [2.75, 3.05) is 20.7 Å². The number of ether oxygens (including phenoxy) is 1. The summed E-state index contributed by atoms with van der Waals surface area (Å²) in [5, 5.41) is 10.9. The van der Waals surface area contributed by atoms with Gasteiger partial charge in [0.2, 0.25) is 0 Å². The number of nitrogens with zero attached hydrogens (tertiary/aromatic N) is 1. The zero-order valence-corrected chi connectivity index (χ0v) is 15.5. The van der Waals surface area contributed by atoms with Gasteiger partial charge in [-0.05, 0) is 44.2 Å². The lowest BCUT2D eigenvalue weighted by Crippen LogP contribution is -2.41. The molecule has 0 unspecified atom stereocenters. The van der Waals surface area contributed by atoms with Crippen LogP contribution in [0.2, 0.25) is 0 Å². The van der Waals surface area contributed by atoms with Crippen molar-refractivity contribution in [3.8, 4) is 0 Å². The number of aromatic amines is 1. The molecule has 3 rings (SSSR count). The van der Waals surface area contributed by atoms with E-state index in [1.807, 2.05) is 37.5 Å². The van der Waals surface area contributed by atoms with Crippen LogP contribution in [0.4, 0.5) is 0 Å². The number of fused-ring (bicyclic) bond motifs is 1. The number of aromatic nitrogens is 1. The Bertz CT molecular complexity index is 788. The Labute approximate surface area is 157 Å². The molecule has 0 saturated carbocycles. The first-order valence-corrected chi connectivity index (χ1v) is 8.72. The third-order valence-corrected chi connectivity index (χ3v) is 4.93. The maximum absolute atomic E-state index is 12.4. The minimum Gasteiger partial charge on any atom is -0.483 e. The Hall–Kier alpha value is -2.87. The summed E-state index contributed by atoms with van der Waals surface area (Å²) in [4.78, 5) is 37.5. The van der Waals surface area contributed by atoms with Crippen molar-refractivity contribution >= 4 is 29.3 Å². The lowest BCUT2D eigenvalue weighted by molar-refractivity contribution is -0.141. The molecule has 2 heterocycles. The number of nitrogens with one attached hydrogen (secondary N) is 2. The molecule has 1 amide bonds. The smallest absolute Gasteiger partial charge is 0.307 e. The lowest BCUT2D eigenvalue weighted by atomic mass is 10.1. The van der Waals surface area contributed by atoms with E-state index in [4.69, 9.17) is 14.6 Å². The lowest BCUT2D eigenvalue weighted by Gasteiger charge is -2.25. The number of methoxy groups -OCH3 is 1. The van der Waals surface area contributed by atoms with Crippen LogP contribution in [-0.4, -0.2) is 66.1 Å². The van der Waals surface area contributed by atoms with Crippen LogP contribution in [0.3, 0.4) is 0 Å². The maximum Gasteiger partial charge on any atom is 0.307 e. The Morgan fingerprint density at radius 3 is 2.74 bits per heavy atom. The zero-order valence-electron chi connectivity index (χ0n) is 15.5. The van der Waals surface area contributed by atoms with Crippen LogP contribution in [0.15, 0.2) is 30.5 Å². The number of hydrogen-bond donors (Lipinski definition) is 3. The summed E-state index contributed by atoms with van der Waals surface area (Å²) in [6.07, 6.45) is 4.18. The van der Waals surface area contributed by atoms with Crippen LogP contribution in [0.5, 0.6) is 0 Å². The molecule has 1 fully saturated rings. The third-order valence-electron chi connectivity index (χ3n) is 4.93. The summed E-state index contributed by atoms with van der Waals surface area (Å²) in [6, 6.07) is 8.02. The summed E-state index contributed by atoms with van der Waals surface area (Å²) in [6.45, 7) is 0.332. The number of carboxylic acid groups (broad SMARTS) is 1. The van der Waals surface area contributed by atoms with Crippen molar-refractivity contribution in [1.29, 1.82) is 0 Å². The minimum absolute atomic E-state index is 0.0667. The molecule has 2 atom stereocenters. The van der Waals surface area contributed by atoms with Crippen molar-refractivity contribution in [1.82, 2.24) is 15.2 Å². The maximum atomic E-state index is 12.4. The van der Waals surface area contributed by atoms with Crippen LogP contribution in [0.25, 0.3) is 10.9 Å². The van der Waals surface area contributed by atoms with Gasteiger partial charge in [-0.1, -0.05) is 0 Å². The van der Waals surface area contributed by atoms with Crippen molar-refractivity contribution in [2.45, 2.75) is 31.3 Å². The number of esters is 1. The molecule has 8 heteroatoms. The van der Waals surface area contributed by atoms with E-state index in [0.29, 0.717) is 18.5 Å². The summed E-state index contributed by atoms with van der Waals surface area (Å²) in [7, 11) is 3.42. The highest BCUT2D eigenvalue weighted by molar-refractivity contribution is 5.98. The second-order valence-corrected chi connectivity index (χ2v) is 6.43. The van der Waals surface area contributed by atoms with Gasteiger partial charge in [-0.25, -0.2) is 0 Å². The molecule has 27 heavy (non-hydrogen) atoms. The highest BCUT2D eigenvalue weighted by atomic mass is 16.5. The first-order chi connectivity index (χ1) is 13.0. The second kappa shape index (κ2) is 9.72. The fourth-order valence-corrected chi connectivity index (χ4v) is 3.37. The second-order valence-electron chi connectivity index (χ2n) is 6.43. The highest BCUT2D eigenvalue weighted by Gasteiger charge is 2.32. The largest absolute Gasteiger partial charge is 0.483 e. The molecule has 2 aromatic rings. The van der Waals surface area contributed by atoms with Gasteiger partial charge in [-0.15, -0.1) is 0 Å². The van der Waals surface area contributed by atoms with Crippen molar-refractivity contribution in [2.24, 2.45) is 0 Å². The van der Waals surface area contributed by atoms with E-state index >= 15 is 0 Å². The molecule has 1 aliphatic rings. The summed E-state index contributed by atoms with van der Waals surface area (Å²) >= 11 is 0. The fourth-order valence-electron chi connectivity index (χ4n) is 3.37. The summed E-state index contributed by atoms with van der Waals surface area (Å²) < 4.78 is 4.74. The molecular formula is C19H25N3O5. The van der Waals surface area contributed by atoms with Crippen molar-refractivity contribution in [3.05, 3.63) is 36.0 Å². The van der Waals surface area contributed by atoms with Gasteiger partial charge in [0.15, 0.2) is 0 Å². The van der Waals surface area contributed by atoms with Crippen LogP contribution in [-0.2, 0) is 14.3 Å². The molecular weight excluding hydrogens is 350 g/mol.